The van der Waals surface area contributed by atoms with Crippen molar-refractivity contribution >= 4 is 33.0 Å². The maximum absolute atomic E-state index is 13.6. The van der Waals surface area contributed by atoms with Crippen molar-refractivity contribution in [3.63, 3.8) is 0 Å². The summed E-state index contributed by atoms with van der Waals surface area (Å²) in [5.74, 6) is -2.34. The van der Waals surface area contributed by atoms with E-state index in [1.54, 1.807) is 11.4 Å². The van der Waals surface area contributed by atoms with Crippen LogP contribution in [0.4, 0.5) is 8.78 Å². The largest absolute Gasteiger partial charge is 0.287 e. The Morgan fingerprint density at radius 2 is 2.00 bits per heavy atom. The van der Waals surface area contributed by atoms with Crippen molar-refractivity contribution in [2.75, 3.05) is 0 Å². The van der Waals surface area contributed by atoms with Gasteiger partial charge in [0.25, 0.3) is 0 Å². The third-order valence-corrected chi connectivity index (χ3v) is 3.50. The summed E-state index contributed by atoms with van der Waals surface area (Å²) in [5, 5.41) is 1.68. The van der Waals surface area contributed by atoms with E-state index in [1.165, 1.54) is 12.1 Å². The van der Waals surface area contributed by atoms with E-state index >= 15 is 0 Å². The Hall–Kier alpha value is -1.07. The van der Waals surface area contributed by atoms with Crippen LogP contribution in [0.15, 0.2) is 34.1 Å². The Balaban J connectivity index is 2.56. The van der Waals surface area contributed by atoms with Crippen LogP contribution in [-0.2, 0) is 0 Å². The Kier molecular flexibility index (Phi) is 3.16. The standard InChI is InChI=1S/C11H5BrF2OS/c12-6-3-4-7(13)9(10(6)14)11(15)8-2-1-5-16-8/h1-5H. The monoisotopic (exact) mass is 302 g/mol. The molecule has 2 rings (SSSR count). The smallest absolute Gasteiger partial charge is 0.208 e. The van der Waals surface area contributed by atoms with Gasteiger partial charge in [-0.2, -0.15) is 0 Å². The van der Waals surface area contributed by atoms with Crippen molar-refractivity contribution in [2.45, 2.75) is 0 Å². The summed E-state index contributed by atoms with van der Waals surface area (Å²) in [6.45, 7) is 0. The molecule has 0 radical (unpaired) electrons. The van der Waals surface area contributed by atoms with Crippen molar-refractivity contribution in [2.24, 2.45) is 0 Å². The van der Waals surface area contributed by atoms with Crippen LogP contribution >= 0.6 is 27.3 Å². The fraction of sp³-hybridized carbons (Fsp3) is 0. The predicted octanol–water partition coefficient (Wildman–Crippen LogP) is 4.02. The SMILES string of the molecule is O=C(c1cccs1)c1c(F)ccc(Br)c1F. The number of halogens is 3. The summed E-state index contributed by atoms with van der Waals surface area (Å²) in [5.41, 5.74) is -0.517. The third-order valence-electron chi connectivity index (χ3n) is 2.02. The number of carbonyl (C=O) groups is 1. The van der Waals surface area contributed by atoms with Crippen molar-refractivity contribution < 1.29 is 13.6 Å². The first-order valence-electron chi connectivity index (χ1n) is 4.33. The lowest BCUT2D eigenvalue weighted by Gasteiger charge is -2.03. The van der Waals surface area contributed by atoms with Gasteiger partial charge in [0.1, 0.15) is 5.82 Å². The molecule has 0 unspecified atom stereocenters. The van der Waals surface area contributed by atoms with Gasteiger partial charge in [0.2, 0.25) is 5.78 Å². The molecule has 16 heavy (non-hydrogen) atoms. The minimum atomic E-state index is -0.863. The van der Waals surface area contributed by atoms with E-state index in [4.69, 9.17) is 0 Å². The van der Waals surface area contributed by atoms with Gasteiger partial charge in [0.05, 0.1) is 14.9 Å². The number of carbonyl (C=O) groups excluding carboxylic acids is 1. The molecule has 0 amide bonds. The molecule has 1 aromatic heterocycles. The van der Waals surface area contributed by atoms with Gasteiger partial charge in [-0.3, -0.25) is 4.79 Å². The molecule has 1 heterocycles. The lowest BCUT2D eigenvalue weighted by atomic mass is 10.1. The number of hydrogen-bond donors (Lipinski definition) is 0. The zero-order valence-corrected chi connectivity index (χ0v) is 10.2. The van der Waals surface area contributed by atoms with Gasteiger partial charge in [-0.05, 0) is 39.5 Å². The molecule has 0 aliphatic heterocycles. The summed E-state index contributed by atoms with van der Waals surface area (Å²) in [4.78, 5) is 12.1. The maximum Gasteiger partial charge on any atom is 0.208 e. The summed E-state index contributed by atoms with van der Waals surface area (Å²) >= 11 is 4.07. The van der Waals surface area contributed by atoms with Crippen molar-refractivity contribution in [1.29, 1.82) is 0 Å². The molecular formula is C11H5BrF2OS. The average molecular weight is 303 g/mol. The van der Waals surface area contributed by atoms with E-state index in [-0.39, 0.29) is 4.47 Å². The van der Waals surface area contributed by atoms with Gasteiger partial charge in [0.15, 0.2) is 5.82 Å². The Bertz CT molecular complexity index is 537. The molecule has 0 N–H and O–H groups in total. The minimum Gasteiger partial charge on any atom is -0.287 e. The van der Waals surface area contributed by atoms with Gasteiger partial charge >= 0.3 is 0 Å². The normalized spacial score (nSPS) is 10.4. The Morgan fingerprint density at radius 1 is 1.25 bits per heavy atom. The molecule has 0 bridgehead atoms. The molecule has 0 saturated carbocycles. The van der Waals surface area contributed by atoms with E-state index in [9.17, 15) is 13.6 Å². The second-order valence-corrected chi connectivity index (χ2v) is 4.83. The number of rotatable bonds is 2. The zero-order chi connectivity index (χ0) is 11.7. The molecule has 82 valence electrons. The fourth-order valence-electron chi connectivity index (χ4n) is 1.27. The molecule has 0 aliphatic rings. The molecule has 0 aliphatic carbocycles. The van der Waals surface area contributed by atoms with Gasteiger partial charge < -0.3 is 0 Å². The van der Waals surface area contributed by atoms with Crippen LogP contribution in [0.1, 0.15) is 15.2 Å². The highest BCUT2D eigenvalue weighted by Crippen LogP contribution is 2.25. The summed E-state index contributed by atoms with van der Waals surface area (Å²) < 4.78 is 27.1. The maximum atomic E-state index is 13.6. The van der Waals surface area contributed by atoms with E-state index in [1.807, 2.05) is 0 Å². The van der Waals surface area contributed by atoms with Crippen LogP contribution in [0.25, 0.3) is 0 Å². The van der Waals surface area contributed by atoms with Gasteiger partial charge in [-0.1, -0.05) is 6.07 Å². The summed E-state index contributed by atoms with van der Waals surface area (Å²) in [6, 6.07) is 5.49. The lowest BCUT2D eigenvalue weighted by Crippen LogP contribution is -2.06. The van der Waals surface area contributed by atoms with Crippen LogP contribution < -0.4 is 0 Å². The molecule has 2 aromatic rings. The van der Waals surface area contributed by atoms with Crippen LogP contribution in [0.5, 0.6) is 0 Å². The first-order chi connectivity index (χ1) is 7.61. The Morgan fingerprint density at radius 3 is 2.62 bits per heavy atom. The Labute approximate surface area is 103 Å². The molecule has 5 heteroatoms. The topological polar surface area (TPSA) is 17.1 Å². The molecular weight excluding hydrogens is 298 g/mol. The zero-order valence-electron chi connectivity index (χ0n) is 7.84. The number of ketones is 1. The molecule has 0 atom stereocenters. The summed E-state index contributed by atoms with van der Waals surface area (Å²) in [7, 11) is 0. The molecule has 0 spiro atoms. The van der Waals surface area contributed by atoms with E-state index in [0.717, 1.165) is 17.4 Å². The first-order valence-corrected chi connectivity index (χ1v) is 6.00. The van der Waals surface area contributed by atoms with Crippen molar-refractivity contribution in [3.8, 4) is 0 Å². The van der Waals surface area contributed by atoms with Crippen LogP contribution in [0, 0.1) is 11.6 Å². The highest BCUT2D eigenvalue weighted by Gasteiger charge is 2.21. The summed E-state index contributed by atoms with van der Waals surface area (Å²) in [6.07, 6.45) is 0. The minimum absolute atomic E-state index is 0.0776. The van der Waals surface area contributed by atoms with Crippen molar-refractivity contribution in [1.82, 2.24) is 0 Å². The van der Waals surface area contributed by atoms with E-state index < -0.39 is 23.0 Å². The lowest BCUT2D eigenvalue weighted by molar-refractivity contribution is 0.103. The van der Waals surface area contributed by atoms with Crippen molar-refractivity contribution in [3.05, 3.63) is 56.2 Å². The number of thiophene rings is 1. The number of hydrogen-bond acceptors (Lipinski definition) is 2. The van der Waals surface area contributed by atoms with Gasteiger partial charge in [0, 0.05) is 0 Å². The second-order valence-electron chi connectivity index (χ2n) is 3.02. The molecule has 1 aromatic carbocycles. The highest BCUT2D eigenvalue weighted by atomic mass is 79.9. The van der Waals surface area contributed by atoms with Crippen LogP contribution in [-0.4, -0.2) is 5.78 Å². The fourth-order valence-corrected chi connectivity index (χ4v) is 2.27. The average Bonchev–Trinajstić information content (AvgIpc) is 2.77. The van der Waals surface area contributed by atoms with E-state index in [2.05, 4.69) is 15.9 Å². The molecule has 0 saturated heterocycles. The van der Waals surface area contributed by atoms with Crippen LogP contribution in [0.3, 0.4) is 0 Å². The van der Waals surface area contributed by atoms with Gasteiger partial charge in [-0.15, -0.1) is 11.3 Å². The number of benzene rings is 1. The second kappa shape index (κ2) is 4.43. The quantitative estimate of drug-likeness (QED) is 0.605. The van der Waals surface area contributed by atoms with E-state index in [0.29, 0.717) is 4.88 Å². The third kappa shape index (κ3) is 1.92. The highest BCUT2D eigenvalue weighted by molar-refractivity contribution is 9.10. The molecule has 0 fully saturated rings. The first kappa shape index (κ1) is 11.4. The van der Waals surface area contributed by atoms with Crippen LogP contribution in [0.2, 0.25) is 0 Å². The predicted molar refractivity (Wildman–Crippen MR) is 61.8 cm³/mol. The van der Waals surface area contributed by atoms with Gasteiger partial charge in [-0.25, -0.2) is 8.78 Å². The molecule has 1 nitrogen and oxygen atoms in total.